The number of unbranched alkanes of at least 4 members (excludes halogenated alkanes) is 4. The van der Waals surface area contributed by atoms with Crippen molar-refractivity contribution in [3.8, 4) is 5.75 Å². The van der Waals surface area contributed by atoms with Crippen LogP contribution in [0, 0.1) is 5.92 Å². The summed E-state index contributed by atoms with van der Waals surface area (Å²) in [6.45, 7) is 12.9. The lowest BCUT2D eigenvalue weighted by Crippen LogP contribution is -2.10. The number of hydrogen-bond acceptors (Lipinski definition) is 1. The summed E-state index contributed by atoms with van der Waals surface area (Å²) in [5.41, 5.74) is 4.27. The van der Waals surface area contributed by atoms with Gasteiger partial charge in [0.25, 0.3) is 0 Å². The number of allylic oxidation sites excluding steroid dienone is 4. The molecule has 1 nitrogen and oxygen atoms in total. The predicted molar refractivity (Wildman–Crippen MR) is 127 cm³/mol. The number of benzene rings is 1. The maximum Gasteiger partial charge on any atom is 0.115 e. The molecule has 1 aromatic carbocycles. The van der Waals surface area contributed by atoms with Gasteiger partial charge >= 0.3 is 0 Å². The van der Waals surface area contributed by atoms with Crippen molar-refractivity contribution in [1.82, 2.24) is 0 Å². The molecule has 0 spiro atoms. The van der Waals surface area contributed by atoms with E-state index >= 15 is 0 Å². The second-order valence-electron chi connectivity index (χ2n) is 7.84. The Kier molecular flexibility index (Phi) is 16.6. The number of phenols is 1. The van der Waals surface area contributed by atoms with Crippen LogP contribution in [-0.4, -0.2) is 5.11 Å². The summed E-state index contributed by atoms with van der Waals surface area (Å²) in [6.07, 6.45) is 19.6. The average Bonchev–Trinajstić information content (AvgIpc) is 2.72. The Labute approximate surface area is 176 Å². The summed E-state index contributed by atoms with van der Waals surface area (Å²) >= 11 is 0. The van der Waals surface area contributed by atoms with Gasteiger partial charge in [-0.2, -0.15) is 0 Å². The van der Waals surface area contributed by atoms with Gasteiger partial charge in [-0.15, -0.1) is 0 Å². The molecule has 28 heavy (non-hydrogen) atoms. The SMILES string of the molecule is CC.CC1=CC=CCC1.CC1CCc2cc(O)ccc2C1.CCCCCCC. The van der Waals surface area contributed by atoms with E-state index in [1.54, 1.807) is 6.07 Å². The maximum atomic E-state index is 9.25. The van der Waals surface area contributed by atoms with E-state index in [1.807, 2.05) is 19.9 Å². The third kappa shape index (κ3) is 12.8. The highest BCUT2D eigenvalue weighted by atomic mass is 16.3. The fraction of sp³-hybridized carbons (Fsp3) is 0.630. The van der Waals surface area contributed by atoms with Crippen molar-refractivity contribution < 1.29 is 5.11 Å². The standard InChI is InChI=1S/C11H14O.C7H10.C7H16.C2H6/c1-8-2-3-10-7-11(12)5-4-9(10)6-8;1-7-5-3-2-4-6-7;1-3-5-7-6-4-2;1-2/h4-5,7-8,12H,2-3,6H2,1H3;2-3,5H,4,6H2,1H3;3-7H2,1-2H3;1-2H3. The highest BCUT2D eigenvalue weighted by Crippen LogP contribution is 2.27. The Morgan fingerprint density at radius 3 is 2.14 bits per heavy atom. The van der Waals surface area contributed by atoms with Gasteiger partial charge in [-0.3, -0.25) is 0 Å². The highest BCUT2D eigenvalue weighted by Gasteiger charge is 2.14. The van der Waals surface area contributed by atoms with Crippen LogP contribution in [0.2, 0.25) is 0 Å². The van der Waals surface area contributed by atoms with Gasteiger partial charge in [0.1, 0.15) is 5.75 Å². The monoisotopic (exact) mass is 386 g/mol. The molecule has 2 aliphatic carbocycles. The van der Waals surface area contributed by atoms with Crippen molar-refractivity contribution in [2.24, 2.45) is 5.92 Å². The second-order valence-corrected chi connectivity index (χ2v) is 7.84. The van der Waals surface area contributed by atoms with Crippen molar-refractivity contribution in [2.75, 3.05) is 0 Å². The Hall–Kier alpha value is -1.50. The zero-order valence-electron chi connectivity index (χ0n) is 19.6. The van der Waals surface area contributed by atoms with Crippen molar-refractivity contribution in [1.29, 1.82) is 0 Å². The molecule has 2 aliphatic rings. The molecular formula is C27H46O. The van der Waals surface area contributed by atoms with Gasteiger partial charge in [-0.25, -0.2) is 0 Å². The molecule has 1 unspecified atom stereocenters. The minimum Gasteiger partial charge on any atom is -0.508 e. The van der Waals surface area contributed by atoms with Crippen LogP contribution in [0.25, 0.3) is 0 Å². The Morgan fingerprint density at radius 2 is 1.64 bits per heavy atom. The lowest BCUT2D eigenvalue weighted by Gasteiger charge is -2.21. The molecular weight excluding hydrogens is 340 g/mol. The van der Waals surface area contributed by atoms with E-state index < -0.39 is 0 Å². The molecule has 1 heteroatoms. The number of phenolic OH excluding ortho intramolecular Hbond substituents is 1. The summed E-state index contributed by atoms with van der Waals surface area (Å²) in [5, 5.41) is 9.25. The molecule has 1 aromatic rings. The van der Waals surface area contributed by atoms with E-state index in [0.717, 1.165) is 12.3 Å². The summed E-state index contributed by atoms with van der Waals surface area (Å²) in [6, 6.07) is 5.75. The average molecular weight is 387 g/mol. The number of rotatable bonds is 4. The van der Waals surface area contributed by atoms with Crippen molar-refractivity contribution in [3.63, 3.8) is 0 Å². The third-order valence-electron chi connectivity index (χ3n) is 5.09. The molecule has 0 amide bonds. The van der Waals surface area contributed by atoms with Crippen molar-refractivity contribution in [2.45, 2.75) is 106 Å². The van der Waals surface area contributed by atoms with Crippen LogP contribution in [-0.2, 0) is 12.8 Å². The number of aryl methyl sites for hydroxylation is 1. The van der Waals surface area contributed by atoms with Gasteiger partial charge in [0.05, 0.1) is 0 Å². The molecule has 0 aliphatic heterocycles. The van der Waals surface area contributed by atoms with E-state index in [1.165, 1.54) is 74.5 Å². The zero-order valence-corrected chi connectivity index (χ0v) is 19.6. The van der Waals surface area contributed by atoms with Crippen LogP contribution in [0.4, 0.5) is 0 Å². The number of fused-ring (bicyclic) bond motifs is 1. The molecule has 0 saturated carbocycles. The van der Waals surface area contributed by atoms with E-state index in [4.69, 9.17) is 0 Å². The zero-order chi connectivity index (χ0) is 21.2. The van der Waals surface area contributed by atoms with Crippen LogP contribution >= 0.6 is 0 Å². The van der Waals surface area contributed by atoms with Crippen molar-refractivity contribution in [3.05, 3.63) is 53.1 Å². The molecule has 160 valence electrons. The van der Waals surface area contributed by atoms with Crippen molar-refractivity contribution >= 4 is 0 Å². The highest BCUT2D eigenvalue weighted by molar-refractivity contribution is 5.36. The second kappa shape index (κ2) is 17.6. The van der Waals surface area contributed by atoms with E-state index in [0.29, 0.717) is 5.75 Å². The third-order valence-corrected chi connectivity index (χ3v) is 5.09. The molecule has 1 atom stereocenters. The Bertz CT molecular complexity index is 549. The quantitative estimate of drug-likeness (QED) is 0.512. The molecule has 0 aromatic heterocycles. The van der Waals surface area contributed by atoms with Crippen LogP contribution < -0.4 is 0 Å². The first-order chi connectivity index (χ1) is 13.6. The van der Waals surface area contributed by atoms with Gasteiger partial charge in [0, 0.05) is 0 Å². The molecule has 1 N–H and O–H groups in total. The Morgan fingerprint density at radius 1 is 0.964 bits per heavy atom. The van der Waals surface area contributed by atoms with E-state index in [2.05, 4.69) is 52.0 Å². The Balaban J connectivity index is 0.000000397. The van der Waals surface area contributed by atoms with Gasteiger partial charge in [0.2, 0.25) is 0 Å². The van der Waals surface area contributed by atoms with Gasteiger partial charge in [0.15, 0.2) is 0 Å². The topological polar surface area (TPSA) is 20.2 Å². The molecule has 0 bridgehead atoms. The first-order valence-corrected chi connectivity index (χ1v) is 11.7. The normalized spacial score (nSPS) is 16.8. The number of aromatic hydroxyl groups is 1. The van der Waals surface area contributed by atoms with Crippen LogP contribution in [0.3, 0.4) is 0 Å². The maximum absolute atomic E-state index is 9.25. The smallest absolute Gasteiger partial charge is 0.115 e. The van der Waals surface area contributed by atoms with Gasteiger partial charge < -0.3 is 5.11 Å². The van der Waals surface area contributed by atoms with E-state index in [9.17, 15) is 5.11 Å². The van der Waals surface area contributed by atoms with Gasteiger partial charge in [-0.05, 0) is 68.2 Å². The van der Waals surface area contributed by atoms with E-state index in [-0.39, 0.29) is 0 Å². The van der Waals surface area contributed by atoms with Crippen LogP contribution in [0.5, 0.6) is 5.75 Å². The largest absolute Gasteiger partial charge is 0.508 e. The lowest BCUT2D eigenvalue weighted by atomic mass is 9.85. The molecule has 0 fully saturated rings. The lowest BCUT2D eigenvalue weighted by molar-refractivity contribution is 0.466. The van der Waals surface area contributed by atoms with Crippen LogP contribution in [0.1, 0.15) is 104 Å². The number of hydrogen-bond donors (Lipinski definition) is 1. The first-order valence-electron chi connectivity index (χ1n) is 11.7. The van der Waals surface area contributed by atoms with Gasteiger partial charge in [-0.1, -0.05) is 96.6 Å². The minimum absolute atomic E-state index is 0.406. The molecule has 0 radical (unpaired) electrons. The summed E-state index contributed by atoms with van der Waals surface area (Å²) in [4.78, 5) is 0. The first kappa shape index (κ1) is 26.5. The summed E-state index contributed by atoms with van der Waals surface area (Å²) in [5.74, 6) is 1.21. The fourth-order valence-electron chi connectivity index (χ4n) is 3.32. The minimum atomic E-state index is 0.406. The van der Waals surface area contributed by atoms with Crippen LogP contribution in [0.15, 0.2) is 42.0 Å². The predicted octanol–water partition coefficient (Wildman–Crippen LogP) is 8.80. The molecule has 3 rings (SSSR count). The molecule has 0 heterocycles. The summed E-state index contributed by atoms with van der Waals surface area (Å²) < 4.78 is 0. The fourth-order valence-corrected chi connectivity index (χ4v) is 3.32. The summed E-state index contributed by atoms with van der Waals surface area (Å²) in [7, 11) is 0. The molecule has 0 saturated heterocycles.